The van der Waals surface area contributed by atoms with Crippen LogP contribution in [0.25, 0.3) is 0 Å². The molecule has 0 heterocycles. The highest BCUT2D eigenvalue weighted by atomic mass is 19.1. The zero-order valence-corrected chi connectivity index (χ0v) is 10.2. The van der Waals surface area contributed by atoms with Gasteiger partial charge in [0.15, 0.2) is 17.7 Å². The first-order valence-electron chi connectivity index (χ1n) is 5.44. The van der Waals surface area contributed by atoms with Gasteiger partial charge >= 0.3 is 5.97 Å². The van der Waals surface area contributed by atoms with Crippen molar-refractivity contribution in [1.82, 2.24) is 5.32 Å². The molecule has 0 unspecified atom stereocenters. The Labute approximate surface area is 108 Å². The van der Waals surface area contributed by atoms with E-state index in [4.69, 9.17) is 14.9 Å². The maximum atomic E-state index is 13.3. The zero-order chi connectivity index (χ0) is 14.4. The minimum Gasteiger partial charge on any atom is -0.494 e. The Morgan fingerprint density at radius 2 is 2.16 bits per heavy atom. The average molecular weight is 271 g/mol. The lowest BCUT2D eigenvalue weighted by Crippen LogP contribution is -2.37. The number of hydrogen-bond acceptors (Lipinski definition) is 4. The molecule has 0 aliphatic carbocycles. The first kappa shape index (κ1) is 14.9. The number of aliphatic hydroxyl groups is 1. The number of aliphatic hydroxyl groups excluding tert-OH is 1. The van der Waals surface area contributed by atoms with Crippen LogP contribution in [0.15, 0.2) is 18.2 Å². The van der Waals surface area contributed by atoms with Crippen LogP contribution in [0, 0.1) is 5.82 Å². The fourth-order valence-electron chi connectivity index (χ4n) is 1.37. The summed E-state index contributed by atoms with van der Waals surface area (Å²) >= 11 is 0. The molecule has 0 aromatic heterocycles. The molecule has 7 heteroatoms. The molecular formula is C12H14FNO5. The maximum Gasteiger partial charge on any atom is 0.334 e. The van der Waals surface area contributed by atoms with Gasteiger partial charge in [0.05, 0.1) is 20.1 Å². The number of rotatable bonds is 6. The summed E-state index contributed by atoms with van der Waals surface area (Å²) in [5.41, 5.74) is 0.417. The predicted octanol–water partition coefficient (Wildman–Crippen LogP) is -0.0615. The number of benzene rings is 1. The minimum absolute atomic E-state index is 0.0745. The molecule has 1 rings (SSSR count). The van der Waals surface area contributed by atoms with E-state index in [9.17, 15) is 14.0 Å². The number of hydrogen-bond donors (Lipinski definition) is 3. The molecule has 104 valence electrons. The van der Waals surface area contributed by atoms with Crippen molar-refractivity contribution in [2.24, 2.45) is 0 Å². The molecular weight excluding hydrogens is 257 g/mol. The van der Waals surface area contributed by atoms with E-state index < -0.39 is 30.3 Å². The predicted molar refractivity (Wildman–Crippen MR) is 63.3 cm³/mol. The normalized spacial score (nSPS) is 11.7. The van der Waals surface area contributed by atoms with Gasteiger partial charge in [-0.3, -0.25) is 4.79 Å². The fourth-order valence-corrected chi connectivity index (χ4v) is 1.37. The minimum atomic E-state index is -1.66. The third kappa shape index (κ3) is 4.55. The van der Waals surface area contributed by atoms with E-state index in [2.05, 4.69) is 5.32 Å². The first-order chi connectivity index (χ1) is 8.93. The van der Waals surface area contributed by atoms with Gasteiger partial charge in [-0.05, 0) is 17.7 Å². The van der Waals surface area contributed by atoms with E-state index >= 15 is 0 Å². The lowest BCUT2D eigenvalue weighted by Gasteiger charge is -2.08. The highest BCUT2D eigenvalue weighted by Crippen LogP contribution is 2.17. The lowest BCUT2D eigenvalue weighted by molar-refractivity contribution is -0.146. The van der Waals surface area contributed by atoms with Crippen LogP contribution in [0.2, 0.25) is 0 Å². The summed E-state index contributed by atoms with van der Waals surface area (Å²) in [6.07, 6.45) is -1.77. The molecule has 1 aromatic rings. The van der Waals surface area contributed by atoms with Gasteiger partial charge in [-0.1, -0.05) is 6.07 Å². The third-order valence-corrected chi connectivity index (χ3v) is 2.36. The Balaban J connectivity index is 2.53. The zero-order valence-electron chi connectivity index (χ0n) is 10.2. The highest BCUT2D eigenvalue weighted by Gasteiger charge is 2.14. The number of amides is 1. The van der Waals surface area contributed by atoms with Gasteiger partial charge in [-0.25, -0.2) is 9.18 Å². The van der Waals surface area contributed by atoms with Gasteiger partial charge in [-0.15, -0.1) is 0 Å². The molecule has 1 aromatic carbocycles. The van der Waals surface area contributed by atoms with Gasteiger partial charge in [0.2, 0.25) is 5.91 Å². The third-order valence-electron chi connectivity index (χ3n) is 2.36. The summed E-state index contributed by atoms with van der Waals surface area (Å²) in [6.45, 7) is -0.396. The maximum absolute atomic E-state index is 13.3. The molecule has 0 radical (unpaired) electrons. The number of methoxy groups -OCH3 is 1. The van der Waals surface area contributed by atoms with Crippen LogP contribution in [0.3, 0.4) is 0 Å². The van der Waals surface area contributed by atoms with Crippen molar-refractivity contribution in [3.63, 3.8) is 0 Å². The van der Waals surface area contributed by atoms with Crippen molar-refractivity contribution < 1.29 is 28.9 Å². The average Bonchev–Trinajstić information content (AvgIpc) is 2.36. The quantitative estimate of drug-likeness (QED) is 0.673. The fraction of sp³-hybridized carbons (Fsp3) is 0.333. The van der Waals surface area contributed by atoms with Crippen molar-refractivity contribution in [3.8, 4) is 5.75 Å². The number of carboxylic acid groups (broad SMARTS) is 1. The van der Waals surface area contributed by atoms with E-state index in [1.807, 2.05) is 0 Å². The molecule has 1 atom stereocenters. The van der Waals surface area contributed by atoms with Crippen LogP contribution < -0.4 is 10.1 Å². The van der Waals surface area contributed by atoms with E-state index in [0.29, 0.717) is 5.56 Å². The number of ether oxygens (including phenoxy) is 1. The van der Waals surface area contributed by atoms with E-state index in [-0.39, 0.29) is 12.2 Å². The molecule has 3 N–H and O–H groups in total. The molecule has 0 saturated heterocycles. The molecule has 19 heavy (non-hydrogen) atoms. The van der Waals surface area contributed by atoms with E-state index in [1.54, 1.807) is 0 Å². The van der Waals surface area contributed by atoms with E-state index in [0.717, 1.165) is 6.07 Å². The molecule has 0 bridgehead atoms. The summed E-state index contributed by atoms with van der Waals surface area (Å²) in [7, 11) is 1.33. The van der Waals surface area contributed by atoms with Gasteiger partial charge in [0, 0.05) is 0 Å². The number of halogens is 1. The monoisotopic (exact) mass is 271 g/mol. The molecule has 6 nitrogen and oxygen atoms in total. The SMILES string of the molecule is COc1ccc(CC(=O)NC[C@H](O)C(=O)O)cc1F. The summed E-state index contributed by atoms with van der Waals surface area (Å²) in [6, 6.07) is 4.07. The summed E-state index contributed by atoms with van der Waals surface area (Å²) in [4.78, 5) is 21.8. The molecule has 0 spiro atoms. The van der Waals surface area contributed by atoms with Gasteiger partial charge < -0.3 is 20.3 Å². The van der Waals surface area contributed by atoms with Crippen molar-refractivity contribution >= 4 is 11.9 Å². The van der Waals surface area contributed by atoms with Crippen LogP contribution in [0.1, 0.15) is 5.56 Å². The van der Waals surface area contributed by atoms with Gasteiger partial charge in [0.1, 0.15) is 0 Å². The van der Waals surface area contributed by atoms with Crippen LogP contribution >= 0.6 is 0 Å². The van der Waals surface area contributed by atoms with Gasteiger partial charge in [-0.2, -0.15) is 0 Å². The second-order valence-electron chi connectivity index (χ2n) is 3.80. The Hall–Kier alpha value is -2.15. The molecule has 0 aliphatic rings. The number of aliphatic carboxylic acids is 1. The van der Waals surface area contributed by atoms with Crippen molar-refractivity contribution in [2.75, 3.05) is 13.7 Å². The second-order valence-corrected chi connectivity index (χ2v) is 3.80. The molecule has 0 fully saturated rings. The van der Waals surface area contributed by atoms with Crippen molar-refractivity contribution in [3.05, 3.63) is 29.6 Å². The van der Waals surface area contributed by atoms with Crippen LogP contribution in [0.5, 0.6) is 5.75 Å². The molecule has 1 amide bonds. The van der Waals surface area contributed by atoms with Crippen LogP contribution in [0.4, 0.5) is 4.39 Å². The number of nitrogens with one attached hydrogen (secondary N) is 1. The van der Waals surface area contributed by atoms with Crippen molar-refractivity contribution in [1.29, 1.82) is 0 Å². The van der Waals surface area contributed by atoms with Crippen LogP contribution in [-0.4, -0.2) is 41.8 Å². The highest BCUT2D eigenvalue weighted by molar-refractivity contribution is 5.80. The lowest BCUT2D eigenvalue weighted by atomic mass is 10.1. The summed E-state index contributed by atoms with van der Waals surface area (Å²) < 4.78 is 18.1. The molecule has 0 aliphatic heterocycles. The smallest absolute Gasteiger partial charge is 0.334 e. The Bertz CT molecular complexity index is 477. The Kier molecular flexibility index (Phi) is 5.25. The number of carbonyl (C=O) groups excluding carboxylic acids is 1. The van der Waals surface area contributed by atoms with Crippen LogP contribution in [-0.2, 0) is 16.0 Å². The first-order valence-corrected chi connectivity index (χ1v) is 5.44. The summed E-state index contributed by atoms with van der Waals surface area (Å²) in [5.74, 6) is -2.44. The Morgan fingerprint density at radius 1 is 1.47 bits per heavy atom. The van der Waals surface area contributed by atoms with Gasteiger partial charge in [0.25, 0.3) is 0 Å². The largest absolute Gasteiger partial charge is 0.494 e. The summed E-state index contributed by atoms with van der Waals surface area (Å²) in [5, 5.41) is 19.6. The number of carbonyl (C=O) groups is 2. The molecule has 0 saturated carbocycles. The topological polar surface area (TPSA) is 95.9 Å². The second kappa shape index (κ2) is 6.69. The van der Waals surface area contributed by atoms with Crippen molar-refractivity contribution in [2.45, 2.75) is 12.5 Å². The van der Waals surface area contributed by atoms with E-state index in [1.165, 1.54) is 19.2 Å². The Morgan fingerprint density at radius 3 is 2.68 bits per heavy atom. The standard InChI is InChI=1S/C12H14FNO5/c1-19-10-3-2-7(4-8(10)13)5-11(16)14-6-9(15)12(17)18/h2-4,9,15H,5-6H2,1H3,(H,14,16)(H,17,18)/t9-/m0/s1. The number of carboxylic acids is 1.